The van der Waals surface area contributed by atoms with Crippen LogP contribution in [0.3, 0.4) is 0 Å². The molecule has 1 saturated heterocycles. The molecule has 7 heteroatoms. The Morgan fingerprint density at radius 3 is 3.04 bits per heavy atom. The van der Waals surface area contributed by atoms with Crippen LogP contribution in [0, 0.1) is 0 Å². The van der Waals surface area contributed by atoms with E-state index in [0.29, 0.717) is 23.9 Å². The summed E-state index contributed by atoms with van der Waals surface area (Å²) in [4.78, 5) is 16.9. The maximum atomic E-state index is 12.4. The number of carbonyl (C=O) groups is 1. The number of aromatic amines is 1. The number of aromatic nitrogens is 3. The maximum Gasteiger partial charge on any atom is 0.251 e. The van der Waals surface area contributed by atoms with Gasteiger partial charge in [-0.2, -0.15) is 5.10 Å². The van der Waals surface area contributed by atoms with Crippen LogP contribution < -0.4 is 15.4 Å². The van der Waals surface area contributed by atoms with Gasteiger partial charge in [-0.25, -0.2) is 4.98 Å². The van der Waals surface area contributed by atoms with Crippen molar-refractivity contribution in [3.63, 3.8) is 0 Å². The Kier molecular flexibility index (Phi) is 4.40. The minimum atomic E-state index is -0.109. The van der Waals surface area contributed by atoms with Crippen LogP contribution in [-0.2, 0) is 13.0 Å². The van der Waals surface area contributed by atoms with E-state index < -0.39 is 0 Å². The number of rotatable bonds is 4. The summed E-state index contributed by atoms with van der Waals surface area (Å²) in [6.45, 7) is 4.39. The fraction of sp³-hybridized carbons (Fsp3) is 0.500. The fourth-order valence-electron chi connectivity index (χ4n) is 3.48. The Morgan fingerprint density at radius 1 is 1.36 bits per heavy atom. The van der Waals surface area contributed by atoms with Gasteiger partial charge in [0, 0.05) is 17.9 Å². The standard InChI is InChI=1S/C18H23N5O2/c1-11-8-14-9-13(2-3-15(14)25-11)18(24)20-10-16-21-17(23-22-16)12-4-6-19-7-5-12/h2-3,9,11-12,19H,4-8,10H2,1H3,(H,20,24)(H,21,22,23). The van der Waals surface area contributed by atoms with E-state index in [0.717, 1.165) is 49.5 Å². The molecule has 1 fully saturated rings. The lowest BCUT2D eigenvalue weighted by molar-refractivity contribution is 0.0950. The molecule has 1 amide bonds. The van der Waals surface area contributed by atoms with Crippen molar-refractivity contribution < 1.29 is 9.53 Å². The first-order valence-corrected chi connectivity index (χ1v) is 8.88. The molecule has 0 spiro atoms. The molecule has 1 atom stereocenters. The molecule has 132 valence electrons. The molecule has 1 aromatic heterocycles. The number of hydrogen-bond acceptors (Lipinski definition) is 5. The van der Waals surface area contributed by atoms with E-state index in [1.165, 1.54) is 0 Å². The first kappa shape index (κ1) is 16.1. The van der Waals surface area contributed by atoms with Crippen LogP contribution in [0.1, 0.15) is 53.3 Å². The van der Waals surface area contributed by atoms with Crippen molar-refractivity contribution in [2.24, 2.45) is 0 Å². The first-order chi connectivity index (χ1) is 12.2. The highest BCUT2D eigenvalue weighted by Crippen LogP contribution is 2.29. The van der Waals surface area contributed by atoms with Crippen LogP contribution in [-0.4, -0.2) is 40.3 Å². The van der Waals surface area contributed by atoms with Crippen LogP contribution in [0.2, 0.25) is 0 Å². The van der Waals surface area contributed by atoms with Gasteiger partial charge in [-0.05, 0) is 56.6 Å². The zero-order valence-electron chi connectivity index (χ0n) is 14.3. The lowest BCUT2D eigenvalue weighted by atomic mass is 9.98. The van der Waals surface area contributed by atoms with Crippen molar-refractivity contribution in [3.05, 3.63) is 41.0 Å². The van der Waals surface area contributed by atoms with E-state index in [9.17, 15) is 4.79 Å². The predicted octanol–water partition coefficient (Wildman–Crippen LogP) is 1.53. The highest BCUT2D eigenvalue weighted by atomic mass is 16.5. The minimum absolute atomic E-state index is 0.109. The quantitative estimate of drug-likeness (QED) is 0.784. The molecule has 1 unspecified atom stereocenters. The Labute approximate surface area is 146 Å². The third-order valence-electron chi connectivity index (χ3n) is 4.83. The zero-order valence-corrected chi connectivity index (χ0v) is 14.3. The summed E-state index contributed by atoms with van der Waals surface area (Å²) in [5, 5.41) is 13.5. The molecule has 3 N–H and O–H groups in total. The Morgan fingerprint density at radius 2 is 2.20 bits per heavy atom. The van der Waals surface area contributed by atoms with E-state index >= 15 is 0 Å². The average Bonchev–Trinajstić information content (AvgIpc) is 3.25. The third-order valence-corrected chi connectivity index (χ3v) is 4.83. The summed E-state index contributed by atoms with van der Waals surface area (Å²) >= 11 is 0. The number of carbonyl (C=O) groups excluding carboxylic acids is 1. The lowest BCUT2D eigenvalue weighted by Gasteiger charge is -2.19. The number of H-pyrrole nitrogens is 1. The predicted molar refractivity (Wildman–Crippen MR) is 92.6 cm³/mol. The van der Waals surface area contributed by atoms with Crippen LogP contribution in [0.4, 0.5) is 0 Å². The van der Waals surface area contributed by atoms with Gasteiger partial charge in [-0.3, -0.25) is 9.89 Å². The van der Waals surface area contributed by atoms with Crippen LogP contribution >= 0.6 is 0 Å². The molecule has 0 bridgehead atoms. The molecule has 0 saturated carbocycles. The van der Waals surface area contributed by atoms with E-state index in [-0.39, 0.29) is 12.0 Å². The molecule has 1 aromatic carbocycles. The second kappa shape index (κ2) is 6.84. The monoisotopic (exact) mass is 341 g/mol. The third kappa shape index (κ3) is 3.51. The SMILES string of the molecule is CC1Cc2cc(C(=O)NCc3nc(C4CCNCC4)n[nH]3)ccc2O1. The molecule has 2 aromatic rings. The zero-order chi connectivity index (χ0) is 17.2. The fourth-order valence-corrected chi connectivity index (χ4v) is 3.48. The molecule has 25 heavy (non-hydrogen) atoms. The number of benzene rings is 1. The van der Waals surface area contributed by atoms with Gasteiger partial charge in [0.05, 0.1) is 6.54 Å². The molecule has 2 aliphatic rings. The average molecular weight is 341 g/mol. The second-order valence-corrected chi connectivity index (χ2v) is 6.80. The smallest absolute Gasteiger partial charge is 0.251 e. The summed E-state index contributed by atoms with van der Waals surface area (Å²) < 4.78 is 5.67. The van der Waals surface area contributed by atoms with Crippen molar-refractivity contribution in [2.45, 2.75) is 44.8 Å². The van der Waals surface area contributed by atoms with Gasteiger partial charge in [0.1, 0.15) is 17.7 Å². The molecule has 2 aliphatic heterocycles. The molecule has 0 radical (unpaired) electrons. The lowest BCUT2D eigenvalue weighted by Crippen LogP contribution is -2.27. The molecule has 0 aliphatic carbocycles. The van der Waals surface area contributed by atoms with Crippen LogP contribution in [0.25, 0.3) is 0 Å². The number of amides is 1. The normalized spacial score (nSPS) is 20.1. The Balaban J connectivity index is 1.36. The van der Waals surface area contributed by atoms with Gasteiger partial charge in [0.15, 0.2) is 5.82 Å². The number of hydrogen-bond donors (Lipinski definition) is 3. The Bertz CT molecular complexity index is 767. The highest BCUT2D eigenvalue weighted by molar-refractivity contribution is 5.94. The first-order valence-electron chi connectivity index (χ1n) is 8.88. The number of nitrogens with one attached hydrogen (secondary N) is 3. The van der Waals surface area contributed by atoms with Gasteiger partial charge in [0.25, 0.3) is 5.91 Å². The number of piperidine rings is 1. The highest BCUT2D eigenvalue weighted by Gasteiger charge is 2.21. The van der Waals surface area contributed by atoms with Gasteiger partial charge < -0.3 is 15.4 Å². The number of ether oxygens (including phenoxy) is 1. The molecule has 7 nitrogen and oxygen atoms in total. The van der Waals surface area contributed by atoms with E-state index in [1.54, 1.807) is 6.07 Å². The van der Waals surface area contributed by atoms with Crippen molar-refractivity contribution in [1.29, 1.82) is 0 Å². The number of fused-ring (bicyclic) bond motifs is 1. The van der Waals surface area contributed by atoms with E-state index in [4.69, 9.17) is 4.74 Å². The van der Waals surface area contributed by atoms with Gasteiger partial charge in [-0.1, -0.05) is 0 Å². The molecular weight excluding hydrogens is 318 g/mol. The number of nitrogens with zero attached hydrogens (tertiary/aromatic N) is 2. The summed E-state index contributed by atoms with van der Waals surface area (Å²) in [6.07, 6.45) is 3.13. The summed E-state index contributed by atoms with van der Waals surface area (Å²) in [5.74, 6) is 2.73. The second-order valence-electron chi connectivity index (χ2n) is 6.80. The van der Waals surface area contributed by atoms with Gasteiger partial charge in [-0.15, -0.1) is 0 Å². The molecule has 4 rings (SSSR count). The molecule has 3 heterocycles. The summed E-state index contributed by atoms with van der Waals surface area (Å²) in [5.41, 5.74) is 1.74. The van der Waals surface area contributed by atoms with Crippen LogP contribution in [0.5, 0.6) is 5.75 Å². The van der Waals surface area contributed by atoms with E-state index in [1.807, 2.05) is 19.1 Å². The van der Waals surface area contributed by atoms with Crippen LogP contribution in [0.15, 0.2) is 18.2 Å². The van der Waals surface area contributed by atoms with Gasteiger partial charge >= 0.3 is 0 Å². The van der Waals surface area contributed by atoms with Crippen molar-refractivity contribution in [1.82, 2.24) is 25.8 Å². The topological polar surface area (TPSA) is 91.9 Å². The Hall–Kier alpha value is -2.41. The summed E-state index contributed by atoms with van der Waals surface area (Å²) in [6, 6.07) is 5.58. The van der Waals surface area contributed by atoms with Crippen molar-refractivity contribution in [2.75, 3.05) is 13.1 Å². The van der Waals surface area contributed by atoms with Gasteiger partial charge in [0.2, 0.25) is 0 Å². The molecular formula is C18H23N5O2. The summed E-state index contributed by atoms with van der Waals surface area (Å²) in [7, 11) is 0. The minimum Gasteiger partial charge on any atom is -0.490 e. The van der Waals surface area contributed by atoms with Crippen molar-refractivity contribution >= 4 is 5.91 Å². The maximum absolute atomic E-state index is 12.4. The largest absolute Gasteiger partial charge is 0.490 e. The van der Waals surface area contributed by atoms with Crippen molar-refractivity contribution in [3.8, 4) is 5.75 Å². The van der Waals surface area contributed by atoms with E-state index in [2.05, 4.69) is 25.8 Å².